The molecule has 2 heterocycles. The Morgan fingerprint density at radius 2 is 2.17 bits per heavy atom. The van der Waals surface area contributed by atoms with Crippen LogP contribution >= 0.6 is 0 Å². The molecule has 24 heavy (non-hydrogen) atoms. The fourth-order valence-electron chi connectivity index (χ4n) is 2.38. The summed E-state index contributed by atoms with van der Waals surface area (Å²) in [7, 11) is 3.98. The maximum atomic E-state index is 11.6. The summed E-state index contributed by atoms with van der Waals surface area (Å²) in [4.78, 5) is 25.5. The summed E-state index contributed by atoms with van der Waals surface area (Å²) in [5, 5.41) is 0. The van der Waals surface area contributed by atoms with Gasteiger partial charge >= 0.3 is 0 Å². The normalized spacial score (nSPS) is 11.1. The van der Waals surface area contributed by atoms with Gasteiger partial charge in [-0.25, -0.2) is 4.98 Å². The van der Waals surface area contributed by atoms with Crippen LogP contribution in [0.5, 0.6) is 5.75 Å². The molecule has 2 aromatic heterocycles. The number of rotatable bonds is 6. The van der Waals surface area contributed by atoms with Gasteiger partial charge in [0.25, 0.3) is 5.91 Å². The Labute approximate surface area is 139 Å². The van der Waals surface area contributed by atoms with E-state index in [1.165, 1.54) is 0 Å². The molecule has 0 saturated heterocycles. The first-order valence-corrected chi connectivity index (χ1v) is 7.56. The van der Waals surface area contributed by atoms with Crippen LogP contribution in [-0.4, -0.2) is 53.0 Å². The van der Waals surface area contributed by atoms with Gasteiger partial charge in [-0.15, -0.1) is 0 Å². The Kier molecular flexibility index (Phi) is 4.43. The van der Waals surface area contributed by atoms with Crippen LogP contribution < -0.4 is 10.5 Å². The number of hydrogen-bond donors (Lipinski definition) is 2. The van der Waals surface area contributed by atoms with E-state index in [0.29, 0.717) is 29.3 Å². The minimum Gasteiger partial charge on any atom is -0.491 e. The summed E-state index contributed by atoms with van der Waals surface area (Å²) in [6, 6.07) is 7.07. The Bertz CT molecular complexity index is 872. The second kappa shape index (κ2) is 6.67. The first-order valence-electron chi connectivity index (χ1n) is 7.56. The molecular formula is C17H19N5O2. The molecule has 0 aliphatic heterocycles. The highest BCUT2D eigenvalue weighted by Crippen LogP contribution is 2.29. The minimum absolute atomic E-state index is 0.383. The van der Waals surface area contributed by atoms with Crippen molar-refractivity contribution >= 4 is 16.9 Å². The molecule has 124 valence electrons. The zero-order valence-corrected chi connectivity index (χ0v) is 13.6. The fraction of sp³-hybridized carbons (Fsp3) is 0.235. The lowest BCUT2D eigenvalue weighted by molar-refractivity contribution is 0.100. The van der Waals surface area contributed by atoms with Gasteiger partial charge < -0.3 is 20.4 Å². The van der Waals surface area contributed by atoms with Crippen molar-refractivity contribution in [2.75, 3.05) is 27.2 Å². The number of hydrogen-bond acceptors (Lipinski definition) is 5. The van der Waals surface area contributed by atoms with E-state index in [9.17, 15) is 4.79 Å². The third kappa shape index (κ3) is 3.21. The monoisotopic (exact) mass is 325 g/mol. The minimum atomic E-state index is -0.507. The van der Waals surface area contributed by atoms with Crippen LogP contribution in [0.4, 0.5) is 0 Å². The molecule has 0 aliphatic carbocycles. The summed E-state index contributed by atoms with van der Waals surface area (Å²) >= 11 is 0. The predicted molar refractivity (Wildman–Crippen MR) is 91.9 cm³/mol. The van der Waals surface area contributed by atoms with Gasteiger partial charge in [0.05, 0.1) is 16.6 Å². The molecule has 0 aliphatic rings. The van der Waals surface area contributed by atoms with Gasteiger partial charge in [0, 0.05) is 18.9 Å². The van der Waals surface area contributed by atoms with Crippen molar-refractivity contribution in [3.63, 3.8) is 0 Å². The lowest BCUT2D eigenvalue weighted by Crippen LogP contribution is -2.19. The number of nitrogens with zero attached hydrogens (tertiary/aromatic N) is 3. The maximum Gasteiger partial charge on any atom is 0.250 e. The van der Waals surface area contributed by atoms with Crippen molar-refractivity contribution in [1.29, 1.82) is 0 Å². The average molecular weight is 325 g/mol. The first kappa shape index (κ1) is 15.9. The van der Waals surface area contributed by atoms with Gasteiger partial charge in [0.2, 0.25) is 0 Å². The van der Waals surface area contributed by atoms with Crippen molar-refractivity contribution in [2.24, 2.45) is 5.73 Å². The predicted octanol–water partition coefficient (Wildman–Crippen LogP) is 1.66. The van der Waals surface area contributed by atoms with Crippen LogP contribution in [0.2, 0.25) is 0 Å². The third-order valence-electron chi connectivity index (χ3n) is 3.61. The highest BCUT2D eigenvalue weighted by molar-refractivity contribution is 6.04. The van der Waals surface area contributed by atoms with E-state index in [2.05, 4.69) is 15.0 Å². The number of ether oxygens (including phenoxy) is 1. The summed E-state index contributed by atoms with van der Waals surface area (Å²) in [5.41, 5.74) is 7.82. The molecule has 0 fully saturated rings. The van der Waals surface area contributed by atoms with Gasteiger partial charge in [0.15, 0.2) is 0 Å². The molecule has 7 heteroatoms. The van der Waals surface area contributed by atoms with E-state index in [1.54, 1.807) is 30.6 Å². The Balaban J connectivity index is 1.99. The molecule has 3 rings (SSSR count). The summed E-state index contributed by atoms with van der Waals surface area (Å²) in [6.07, 6.45) is 3.36. The number of primary amides is 1. The van der Waals surface area contributed by atoms with E-state index in [0.717, 1.165) is 17.6 Å². The van der Waals surface area contributed by atoms with Gasteiger partial charge in [-0.2, -0.15) is 0 Å². The number of likely N-dealkylation sites (N-methyl/N-ethyl adjacent to an activating group) is 1. The number of aromatic amines is 1. The van der Waals surface area contributed by atoms with E-state index in [-0.39, 0.29) is 0 Å². The molecule has 1 aromatic carbocycles. The largest absolute Gasteiger partial charge is 0.491 e. The van der Waals surface area contributed by atoms with Gasteiger partial charge in [-0.1, -0.05) is 6.07 Å². The summed E-state index contributed by atoms with van der Waals surface area (Å²) in [6.45, 7) is 1.35. The molecule has 1 amide bonds. The van der Waals surface area contributed by atoms with Crippen molar-refractivity contribution in [3.8, 4) is 17.1 Å². The van der Waals surface area contributed by atoms with Crippen LogP contribution in [0, 0.1) is 0 Å². The lowest BCUT2D eigenvalue weighted by Gasteiger charge is -2.12. The summed E-state index contributed by atoms with van der Waals surface area (Å²) in [5.74, 6) is 0.769. The van der Waals surface area contributed by atoms with Gasteiger partial charge in [0.1, 0.15) is 23.7 Å². The van der Waals surface area contributed by atoms with Gasteiger partial charge in [-0.3, -0.25) is 9.78 Å². The molecule has 0 saturated carbocycles. The van der Waals surface area contributed by atoms with E-state index >= 15 is 0 Å². The van der Waals surface area contributed by atoms with Crippen LogP contribution in [0.3, 0.4) is 0 Å². The smallest absolute Gasteiger partial charge is 0.250 e. The molecule has 0 spiro atoms. The molecule has 0 unspecified atom stereocenters. The number of nitrogens with two attached hydrogens (primary N) is 1. The third-order valence-corrected chi connectivity index (χ3v) is 3.61. The second-order valence-electron chi connectivity index (χ2n) is 5.67. The summed E-state index contributed by atoms with van der Waals surface area (Å²) < 4.78 is 5.84. The number of amides is 1. The van der Waals surface area contributed by atoms with Crippen LogP contribution in [-0.2, 0) is 0 Å². The van der Waals surface area contributed by atoms with Crippen molar-refractivity contribution in [2.45, 2.75) is 0 Å². The zero-order chi connectivity index (χ0) is 17.1. The van der Waals surface area contributed by atoms with Crippen LogP contribution in [0.1, 0.15) is 10.4 Å². The Morgan fingerprint density at radius 3 is 2.92 bits per heavy atom. The number of fused-ring (bicyclic) bond motifs is 1. The molecule has 0 radical (unpaired) electrons. The highest BCUT2D eigenvalue weighted by atomic mass is 16.5. The molecule has 0 atom stereocenters. The number of carbonyl (C=O) groups is 1. The molecule has 0 bridgehead atoms. The Hall–Kier alpha value is -2.93. The van der Waals surface area contributed by atoms with E-state index in [1.807, 2.05) is 25.1 Å². The standard InChI is InChI=1S/C17H19N5O2/c1-22(2)8-9-24-14-6-7-19-10-12(14)17-20-13-5-3-4-11(16(18)23)15(13)21-17/h3-7,10H,8-9H2,1-2H3,(H2,18,23)(H,20,21). The van der Waals surface area contributed by atoms with Crippen molar-refractivity contribution in [1.82, 2.24) is 19.9 Å². The maximum absolute atomic E-state index is 11.6. The molecule has 7 nitrogen and oxygen atoms in total. The van der Waals surface area contributed by atoms with E-state index in [4.69, 9.17) is 10.5 Å². The first-order chi connectivity index (χ1) is 11.6. The topological polar surface area (TPSA) is 97.1 Å². The van der Waals surface area contributed by atoms with Gasteiger partial charge in [-0.05, 0) is 32.3 Å². The highest BCUT2D eigenvalue weighted by Gasteiger charge is 2.15. The second-order valence-corrected chi connectivity index (χ2v) is 5.67. The lowest BCUT2D eigenvalue weighted by atomic mass is 10.2. The van der Waals surface area contributed by atoms with E-state index < -0.39 is 5.91 Å². The van der Waals surface area contributed by atoms with Crippen molar-refractivity contribution < 1.29 is 9.53 Å². The SMILES string of the molecule is CN(C)CCOc1ccncc1-c1nc2c(C(N)=O)cccc2[nH]1. The average Bonchev–Trinajstić information content (AvgIpc) is 2.98. The number of benzene rings is 1. The molecular weight excluding hydrogens is 306 g/mol. The zero-order valence-electron chi connectivity index (χ0n) is 13.6. The van der Waals surface area contributed by atoms with Crippen LogP contribution in [0.25, 0.3) is 22.4 Å². The fourth-order valence-corrected chi connectivity index (χ4v) is 2.38. The number of para-hydroxylation sites is 1. The number of imidazole rings is 1. The number of pyridine rings is 1. The number of aromatic nitrogens is 3. The molecule has 3 aromatic rings. The van der Waals surface area contributed by atoms with Crippen LogP contribution in [0.15, 0.2) is 36.7 Å². The van der Waals surface area contributed by atoms with Crippen molar-refractivity contribution in [3.05, 3.63) is 42.2 Å². The number of H-pyrrole nitrogens is 1. The Morgan fingerprint density at radius 1 is 1.33 bits per heavy atom. The number of nitrogens with one attached hydrogen (secondary N) is 1. The molecule has 3 N–H and O–H groups in total. The quantitative estimate of drug-likeness (QED) is 0.718. The number of carbonyl (C=O) groups excluding carboxylic acids is 1.